The van der Waals surface area contributed by atoms with Gasteiger partial charge in [-0.25, -0.2) is 0 Å². The molecule has 1 aromatic heterocycles. The van der Waals surface area contributed by atoms with Gasteiger partial charge in [0.15, 0.2) is 10.7 Å². The van der Waals surface area contributed by atoms with Gasteiger partial charge in [-0.2, -0.15) is 4.98 Å². The molecule has 0 aliphatic rings. The highest BCUT2D eigenvalue weighted by atomic mass is 79.9. The monoisotopic (exact) mass is 482 g/mol. The summed E-state index contributed by atoms with van der Waals surface area (Å²) < 4.78 is 6.52. The minimum absolute atomic E-state index is 0.0561. The Balaban J connectivity index is 1.50. The number of benzene rings is 3. The summed E-state index contributed by atoms with van der Waals surface area (Å²) in [6, 6.07) is 16.4. The number of amides is 2. The van der Waals surface area contributed by atoms with Crippen LogP contribution in [0.4, 0.5) is 11.7 Å². The molecule has 30 heavy (non-hydrogen) atoms. The molecule has 3 aromatic carbocycles. The molecular weight excluding hydrogens is 468 g/mol. The summed E-state index contributed by atoms with van der Waals surface area (Å²) in [5, 5.41) is 9.89. The number of nitrogens with one attached hydrogen (secondary N) is 3. The molecule has 150 valence electrons. The second-order valence-corrected chi connectivity index (χ2v) is 7.69. The number of thiocarbonyl (C=S) groups is 1. The Hall–Kier alpha value is -3.30. The Labute approximate surface area is 185 Å². The van der Waals surface area contributed by atoms with Crippen LogP contribution in [0.3, 0.4) is 0 Å². The number of carbonyl (C=O) groups is 2. The number of fused-ring (bicyclic) bond motifs is 2. The van der Waals surface area contributed by atoms with Gasteiger partial charge in [0, 0.05) is 28.7 Å². The van der Waals surface area contributed by atoms with Gasteiger partial charge < -0.3 is 9.73 Å². The molecule has 4 aromatic rings. The summed E-state index contributed by atoms with van der Waals surface area (Å²) in [5.41, 5.74) is 2.14. The van der Waals surface area contributed by atoms with E-state index in [0.717, 1.165) is 15.2 Å². The summed E-state index contributed by atoms with van der Waals surface area (Å²) >= 11 is 8.74. The van der Waals surface area contributed by atoms with Crippen LogP contribution in [-0.4, -0.2) is 21.9 Å². The molecule has 0 spiro atoms. The Bertz CT molecular complexity index is 1320. The van der Waals surface area contributed by atoms with E-state index in [1.165, 1.54) is 6.92 Å². The van der Waals surface area contributed by atoms with Crippen molar-refractivity contribution in [3.05, 3.63) is 64.6 Å². The minimum Gasteiger partial charge on any atom is -0.423 e. The van der Waals surface area contributed by atoms with E-state index < -0.39 is 0 Å². The Morgan fingerprint density at radius 2 is 1.80 bits per heavy atom. The van der Waals surface area contributed by atoms with Crippen molar-refractivity contribution in [3.63, 3.8) is 0 Å². The topological polar surface area (TPSA) is 96.3 Å². The number of aromatic nitrogens is 1. The van der Waals surface area contributed by atoms with Crippen LogP contribution in [0.5, 0.6) is 0 Å². The Morgan fingerprint density at radius 1 is 1.03 bits per heavy atom. The van der Waals surface area contributed by atoms with Crippen molar-refractivity contribution in [1.82, 2.24) is 10.3 Å². The van der Waals surface area contributed by atoms with Crippen LogP contribution in [0.25, 0.3) is 21.9 Å². The molecule has 0 bridgehead atoms. The fourth-order valence-electron chi connectivity index (χ4n) is 3.03. The zero-order valence-corrected chi connectivity index (χ0v) is 18.1. The molecule has 0 unspecified atom stereocenters. The van der Waals surface area contributed by atoms with Gasteiger partial charge in [-0.1, -0.05) is 40.2 Å². The van der Waals surface area contributed by atoms with Gasteiger partial charge in [-0.3, -0.25) is 20.2 Å². The molecule has 0 saturated carbocycles. The van der Waals surface area contributed by atoms with Crippen molar-refractivity contribution in [3.8, 4) is 0 Å². The van der Waals surface area contributed by atoms with E-state index in [9.17, 15) is 9.59 Å². The minimum atomic E-state index is -0.347. The predicted octanol–water partition coefficient (Wildman–Crippen LogP) is 4.83. The summed E-state index contributed by atoms with van der Waals surface area (Å²) in [5.74, 6) is -0.531. The molecule has 4 rings (SSSR count). The third-order valence-electron chi connectivity index (χ3n) is 4.27. The van der Waals surface area contributed by atoms with Crippen molar-refractivity contribution in [2.75, 3.05) is 10.6 Å². The van der Waals surface area contributed by atoms with Crippen LogP contribution < -0.4 is 16.0 Å². The average Bonchev–Trinajstić information content (AvgIpc) is 3.08. The van der Waals surface area contributed by atoms with Crippen LogP contribution in [0.1, 0.15) is 17.3 Å². The molecule has 9 heteroatoms. The fourth-order valence-corrected chi connectivity index (χ4v) is 3.71. The average molecular weight is 483 g/mol. The first kappa shape index (κ1) is 20.0. The maximum absolute atomic E-state index is 12.7. The lowest BCUT2D eigenvalue weighted by atomic mass is 10.0. The van der Waals surface area contributed by atoms with Crippen molar-refractivity contribution >= 4 is 78.6 Å². The SMILES string of the molecule is CC(=O)Nc1ccc2nc(NC(=S)NC(=O)c3cccc4c(Br)cccc34)oc2c1. The predicted molar refractivity (Wildman–Crippen MR) is 124 cm³/mol. The number of hydrogen-bond acceptors (Lipinski definition) is 5. The second-order valence-electron chi connectivity index (χ2n) is 6.43. The van der Waals surface area contributed by atoms with E-state index >= 15 is 0 Å². The smallest absolute Gasteiger partial charge is 0.302 e. The van der Waals surface area contributed by atoms with Crippen LogP contribution in [-0.2, 0) is 4.79 Å². The molecule has 3 N–H and O–H groups in total. The largest absolute Gasteiger partial charge is 0.423 e. The highest BCUT2D eigenvalue weighted by molar-refractivity contribution is 9.10. The third kappa shape index (κ3) is 4.17. The van der Waals surface area contributed by atoms with E-state index in [1.54, 1.807) is 24.3 Å². The lowest BCUT2D eigenvalue weighted by molar-refractivity contribution is -0.114. The van der Waals surface area contributed by atoms with Crippen LogP contribution >= 0.6 is 28.1 Å². The highest BCUT2D eigenvalue weighted by Gasteiger charge is 2.14. The van der Waals surface area contributed by atoms with E-state index in [1.807, 2.05) is 30.3 Å². The molecule has 7 nitrogen and oxygen atoms in total. The molecule has 0 aliphatic heterocycles. The summed E-state index contributed by atoms with van der Waals surface area (Å²) in [6.45, 7) is 1.42. The summed E-state index contributed by atoms with van der Waals surface area (Å²) in [4.78, 5) is 28.2. The van der Waals surface area contributed by atoms with Crippen LogP contribution in [0, 0.1) is 0 Å². The molecule has 0 atom stereocenters. The number of rotatable bonds is 3. The zero-order chi connectivity index (χ0) is 21.3. The van der Waals surface area contributed by atoms with Gasteiger partial charge in [0.25, 0.3) is 5.91 Å². The first-order valence-electron chi connectivity index (χ1n) is 8.88. The quantitative estimate of drug-likeness (QED) is 0.362. The standard InChI is InChI=1S/C21H15BrN4O3S/c1-11(27)23-12-8-9-17-18(10-12)29-20(24-17)26-21(30)25-19(28)15-6-2-5-14-13(15)4-3-7-16(14)22/h2-10H,1H3,(H,23,27)(H2,24,25,26,28,30). The van der Waals surface area contributed by atoms with Crippen LogP contribution in [0.2, 0.25) is 0 Å². The van der Waals surface area contributed by atoms with E-state index in [-0.39, 0.29) is 22.9 Å². The van der Waals surface area contributed by atoms with Crippen LogP contribution in [0.15, 0.2) is 63.5 Å². The first-order chi connectivity index (χ1) is 14.4. The van der Waals surface area contributed by atoms with Gasteiger partial charge >= 0.3 is 6.01 Å². The van der Waals surface area contributed by atoms with Gasteiger partial charge in [-0.05, 0) is 47.3 Å². The normalized spacial score (nSPS) is 10.7. The number of hydrogen-bond donors (Lipinski definition) is 3. The summed E-state index contributed by atoms with van der Waals surface area (Å²) in [7, 11) is 0. The van der Waals surface area contributed by atoms with Gasteiger partial charge in [-0.15, -0.1) is 0 Å². The van der Waals surface area contributed by atoms with E-state index in [2.05, 4.69) is 36.9 Å². The Morgan fingerprint density at radius 3 is 2.60 bits per heavy atom. The second kappa shape index (κ2) is 8.21. The molecule has 1 heterocycles. The van der Waals surface area contributed by atoms with Crippen molar-refractivity contribution in [1.29, 1.82) is 0 Å². The summed E-state index contributed by atoms with van der Waals surface area (Å²) in [6.07, 6.45) is 0. The lowest BCUT2D eigenvalue weighted by Crippen LogP contribution is -2.34. The number of oxazole rings is 1. The van der Waals surface area contributed by atoms with Gasteiger partial charge in [0.05, 0.1) is 0 Å². The number of halogens is 1. The van der Waals surface area contributed by atoms with E-state index in [0.29, 0.717) is 22.4 Å². The van der Waals surface area contributed by atoms with Crippen molar-refractivity contribution < 1.29 is 14.0 Å². The van der Waals surface area contributed by atoms with Gasteiger partial charge in [0.1, 0.15) is 5.52 Å². The third-order valence-corrected chi connectivity index (χ3v) is 5.17. The number of carbonyl (C=O) groups excluding carboxylic acids is 2. The number of nitrogens with zero attached hydrogens (tertiary/aromatic N) is 1. The van der Waals surface area contributed by atoms with Gasteiger partial charge in [0.2, 0.25) is 5.91 Å². The highest BCUT2D eigenvalue weighted by Crippen LogP contribution is 2.26. The molecule has 0 radical (unpaired) electrons. The maximum atomic E-state index is 12.7. The maximum Gasteiger partial charge on any atom is 0.302 e. The molecule has 2 amide bonds. The van der Waals surface area contributed by atoms with E-state index in [4.69, 9.17) is 16.6 Å². The molecule has 0 aliphatic carbocycles. The first-order valence-corrected chi connectivity index (χ1v) is 10.1. The molecule has 0 saturated heterocycles. The molecular formula is C21H15BrN4O3S. The fraction of sp³-hybridized carbons (Fsp3) is 0.0476. The Kier molecular flexibility index (Phi) is 5.47. The lowest BCUT2D eigenvalue weighted by Gasteiger charge is -2.09. The number of anilines is 2. The van der Waals surface area contributed by atoms with Crippen molar-refractivity contribution in [2.24, 2.45) is 0 Å². The zero-order valence-electron chi connectivity index (χ0n) is 15.7. The molecule has 0 fully saturated rings. The van der Waals surface area contributed by atoms with Crippen molar-refractivity contribution in [2.45, 2.75) is 6.92 Å².